The Hall–Kier alpha value is -2.89. The van der Waals surface area contributed by atoms with Gasteiger partial charge in [-0.1, -0.05) is 87.4 Å². The molecule has 2 aliphatic rings. The molecule has 40 heavy (non-hydrogen) atoms. The average Bonchev–Trinajstić information content (AvgIpc) is 3.22. The normalized spacial score (nSPS) is 17.2. The first-order chi connectivity index (χ1) is 19.4. The van der Waals surface area contributed by atoms with E-state index in [0.717, 1.165) is 75.8 Å². The summed E-state index contributed by atoms with van der Waals surface area (Å²) in [5.74, 6) is 1.33. The van der Waals surface area contributed by atoms with Crippen LogP contribution in [0.15, 0.2) is 40.0 Å². The molecule has 0 bridgehead atoms. The van der Waals surface area contributed by atoms with Gasteiger partial charge < -0.3 is 4.90 Å². The molecule has 4 rings (SSSR count). The summed E-state index contributed by atoms with van der Waals surface area (Å²) in [6.45, 7) is 8.84. The number of pyridine rings is 1. The average molecular weight is 577 g/mol. The molecule has 0 atom stereocenters. The zero-order valence-electron chi connectivity index (χ0n) is 23.9. The van der Waals surface area contributed by atoms with Gasteiger partial charge in [0.2, 0.25) is 0 Å². The summed E-state index contributed by atoms with van der Waals surface area (Å²) in [6, 6.07) is 12.8. The number of aromatic nitrogens is 1. The molecule has 0 saturated carbocycles. The highest BCUT2D eigenvalue weighted by atomic mass is 32.2. The highest BCUT2D eigenvalue weighted by Gasteiger charge is 2.33. The van der Waals surface area contributed by atoms with Gasteiger partial charge in [0.15, 0.2) is 0 Å². The van der Waals surface area contributed by atoms with E-state index < -0.39 is 0 Å². The van der Waals surface area contributed by atoms with Gasteiger partial charge in [0.25, 0.3) is 11.5 Å². The van der Waals surface area contributed by atoms with Gasteiger partial charge in [0.05, 0.1) is 4.91 Å². The number of thioether (sulfide) groups is 1. The Morgan fingerprint density at radius 3 is 2.42 bits per heavy atom. The molecular formula is C32H40N4O2S2. The zero-order chi connectivity index (χ0) is 28.6. The van der Waals surface area contributed by atoms with Crippen LogP contribution in [-0.4, -0.2) is 39.3 Å². The maximum absolute atomic E-state index is 13.5. The summed E-state index contributed by atoms with van der Waals surface area (Å²) in [4.78, 5) is 31.5. The van der Waals surface area contributed by atoms with E-state index in [4.69, 9.17) is 12.2 Å². The minimum absolute atomic E-state index is 0.0785. The highest BCUT2D eigenvalue weighted by Crippen LogP contribution is 2.37. The van der Waals surface area contributed by atoms with Gasteiger partial charge in [-0.25, -0.2) is 0 Å². The first kappa shape index (κ1) is 30.1. The van der Waals surface area contributed by atoms with Crippen molar-refractivity contribution in [3.63, 3.8) is 0 Å². The number of unbranched alkanes of at least 4 members (excludes halogenated alkanes) is 3. The third kappa shape index (κ3) is 6.70. The quantitative estimate of drug-likeness (QED) is 0.169. The molecule has 0 spiro atoms. The number of nitrogens with zero attached hydrogens (tertiary/aromatic N) is 4. The molecule has 1 aromatic carbocycles. The van der Waals surface area contributed by atoms with E-state index in [9.17, 15) is 14.9 Å². The number of carbonyl (C=O) groups excluding carboxylic acids is 1. The van der Waals surface area contributed by atoms with Crippen LogP contribution >= 0.6 is 24.0 Å². The predicted octanol–water partition coefficient (Wildman–Crippen LogP) is 6.68. The van der Waals surface area contributed by atoms with Crippen LogP contribution in [0.2, 0.25) is 0 Å². The zero-order valence-corrected chi connectivity index (χ0v) is 25.6. The van der Waals surface area contributed by atoms with Crippen molar-refractivity contribution in [2.75, 3.05) is 24.5 Å². The van der Waals surface area contributed by atoms with Crippen LogP contribution in [0.4, 0.5) is 5.82 Å². The van der Waals surface area contributed by atoms with E-state index in [1.54, 1.807) is 9.47 Å². The lowest BCUT2D eigenvalue weighted by Gasteiger charge is -2.36. The molecule has 0 unspecified atom stereocenters. The van der Waals surface area contributed by atoms with Crippen molar-refractivity contribution in [1.82, 2.24) is 9.47 Å². The number of piperidine rings is 1. The Bertz CT molecular complexity index is 1350. The number of benzene rings is 1. The number of nitriles is 1. The standard InChI is InChI=1S/C32H40N4O2S2/c1-4-6-7-11-17-36-31(38)28(40-32(36)39)21-26-23(3)27(22-33)30(37)35(16-5-2)29(26)34-18-14-25(15-19-34)20-24-12-9-8-10-13-24/h8-10,12-13,21,25H,4-7,11,14-20H2,1-3H3/b28-21+. The molecule has 2 aliphatic heterocycles. The van der Waals surface area contributed by atoms with Gasteiger partial charge in [0.1, 0.15) is 21.8 Å². The Labute approximate surface area is 248 Å². The first-order valence-electron chi connectivity index (χ1n) is 14.6. The molecular weight excluding hydrogens is 537 g/mol. The summed E-state index contributed by atoms with van der Waals surface area (Å²) in [6.07, 6.45) is 10.0. The van der Waals surface area contributed by atoms with Gasteiger partial charge >= 0.3 is 0 Å². The number of anilines is 1. The SMILES string of the molecule is CCCCCCN1C(=O)/C(=C\c2c(C)c(C#N)c(=O)n(CCC)c2N2CCC(Cc3ccccc3)CC2)SC1=S. The molecule has 0 N–H and O–H groups in total. The molecule has 212 valence electrons. The molecule has 2 aromatic rings. The van der Waals surface area contributed by atoms with Gasteiger partial charge in [-0.2, -0.15) is 5.26 Å². The number of amides is 1. The second-order valence-electron chi connectivity index (χ2n) is 10.8. The number of hydrogen-bond donors (Lipinski definition) is 0. The molecule has 1 aromatic heterocycles. The van der Waals surface area contributed by atoms with Crippen LogP contribution in [0, 0.1) is 24.2 Å². The molecule has 6 nitrogen and oxygen atoms in total. The lowest BCUT2D eigenvalue weighted by molar-refractivity contribution is -0.122. The summed E-state index contributed by atoms with van der Waals surface area (Å²) in [5, 5.41) is 9.93. The second kappa shape index (κ2) is 14.1. The first-order valence-corrected chi connectivity index (χ1v) is 15.8. The molecule has 8 heteroatoms. The molecule has 0 radical (unpaired) electrons. The monoisotopic (exact) mass is 576 g/mol. The lowest BCUT2D eigenvalue weighted by atomic mass is 9.90. The van der Waals surface area contributed by atoms with E-state index in [0.29, 0.717) is 33.8 Å². The number of hydrogen-bond acceptors (Lipinski definition) is 6. The van der Waals surface area contributed by atoms with Crippen LogP contribution < -0.4 is 10.5 Å². The van der Waals surface area contributed by atoms with Gasteiger partial charge in [-0.3, -0.25) is 19.1 Å². The topological polar surface area (TPSA) is 69.3 Å². The Morgan fingerprint density at radius 2 is 1.77 bits per heavy atom. The van der Waals surface area contributed by atoms with E-state index >= 15 is 0 Å². The number of rotatable bonds is 11. The summed E-state index contributed by atoms with van der Waals surface area (Å²) in [7, 11) is 0. The summed E-state index contributed by atoms with van der Waals surface area (Å²) in [5.41, 5.74) is 2.68. The van der Waals surface area contributed by atoms with Gasteiger partial charge in [0, 0.05) is 31.7 Å². The van der Waals surface area contributed by atoms with Crippen molar-refractivity contribution in [3.05, 3.63) is 67.8 Å². The van der Waals surface area contributed by atoms with Crippen LogP contribution in [0.1, 0.15) is 81.0 Å². The van der Waals surface area contributed by atoms with Gasteiger partial charge in [-0.05, 0) is 62.1 Å². The van der Waals surface area contributed by atoms with E-state index in [1.165, 1.54) is 17.3 Å². The van der Waals surface area contributed by atoms with Crippen LogP contribution in [0.25, 0.3) is 6.08 Å². The van der Waals surface area contributed by atoms with Crippen LogP contribution in [0.5, 0.6) is 0 Å². The van der Waals surface area contributed by atoms with Crippen molar-refractivity contribution < 1.29 is 4.79 Å². The van der Waals surface area contributed by atoms with E-state index in [2.05, 4.69) is 42.2 Å². The predicted molar refractivity (Wildman–Crippen MR) is 170 cm³/mol. The molecule has 2 fully saturated rings. The number of carbonyl (C=O) groups is 1. The van der Waals surface area contributed by atoms with Crippen molar-refractivity contribution >= 4 is 46.1 Å². The third-order valence-corrected chi connectivity index (χ3v) is 9.34. The molecule has 2 saturated heterocycles. The fourth-order valence-corrected chi connectivity index (χ4v) is 7.02. The van der Waals surface area contributed by atoms with Crippen LogP contribution in [-0.2, 0) is 17.8 Å². The van der Waals surface area contributed by atoms with E-state index in [-0.39, 0.29) is 17.0 Å². The third-order valence-electron chi connectivity index (χ3n) is 7.96. The minimum atomic E-state index is -0.246. The summed E-state index contributed by atoms with van der Waals surface area (Å²) >= 11 is 6.92. The van der Waals surface area contributed by atoms with Crippen molar-refractivity contribution in [2.24, 2.45) is 5.92 Å². The Balaban J connectivity index is 1.67. The lowest BCUT2D eigenvalue weighted by Crippen LogP contribution is -2.40. The Morgan fingerprint density at radius 1 is 1.05 bits per heavy atom. The smallest absolute Gasteiger partial charge is 0.270 e. The maximum atomic E-state index is 13.5. The van der Waals surface area contributed by atoms with Gasteiger partial charge in [-0.15, -0.1) is 0 Å². The van der Waals surface area contributed by atoms with Crippen molar-refractivity contribution in [2.45, 2.75) is 78.7 Å². The minimum Gasteiger partial charge on any atom is -0.357 e. The van der Waals surface area contributed by atoms with Crippen molar-refractivity contribution in [3.8, 4) is 6.07 Å². The van der Waals surface area contributed by atoms with E-state index in [1.807, 2.05) is 26.0 Å². The molecule has 0 aliphatic carbocycles. The van der Waals surface area contributed by atoms with Crippen LogP contribution in [0.3, 0.4) is 0 Å². The number of thiocarbonyl (C=S) groups is 1. The van der Waals surface area contributed by atoms with Crippen molar-refractivity contribution in [1.29, 1.82) is 5.26 Å². The largest absolute Gasteiger partial charge is 0.357 e. The molecule has 1 amide bonds. The Kier molecular flexibility index (Phi) is 10.6. The fourth-order valence-electron chi connectivity index (χ4n) is 5.73. The second-order valence-corrected chi connectivity index (χ2v) is 12.5. The maximum Gasteiger partial charge on any atom is 0.270 e. The highest BCUT2D eigenvalue weighted by molar-refractivity contribution is 8.26. The fraction of sp³-hybridized carbons (Fsp3) is 0.500. The summed E-state index contributed by atoms with van der Waals surface area (Å²) < 4.78 is 2.34. The molecule has 3 heterocycles.